The van der Waals surface area contributed by atoms with Crippen molar-refractivity contribution in [2.75, 3.05) is 13.2 Å². The Morgan fingerprint density at radius 1 is 1.56 bits per heavy atom. The van der Waals surface area contributed by atoms with Crippen LogP contribution >= 0.6 is 22.9 Å². The number of halogens is 1. The van der Waals surface area contributed by atoms with Gasteiger partial charge in [0.15, 0.2) is 0 Å². The summed E-state index contributed by atoms with van der Waals surface area (Å²) in [5, 5.41) is 6.50. The molecule has 1 aliphatic rings. The van der Waals surface area contributed by atoms with Crippen molar-refractivity contribution in [2.24, 2.45) is 0 Å². The summed E-state index contributed by atoms with van der Waals surface area (Å²) in [6.45, 7) is 4.06. The van der Waals surface area contributed by atoms with Gasteiger partial charge in [-0.2, -0.15) is 0 Å². The molecule has 2 atom stereocenters. The number of hydrogen-bond acceptors (Lipinski definition) is 3. The quantitative estimate of drug-likeness (QED) is 0.837. The molecule has 2 nitrogen and oxygen atoms in total. The van der Waals surface area contributed by atoms with Crippen LogP contribution in [0.3, 0.4) is 0 Å². The number of ether oxygens (including phenoxy) is 1. The Kier molecular flexibility index (Phi) is 5.96. The summed E-state index contributed by atoms with van der Waals surface area (Å²) < 4.78 is 5.80. The maximum absolute atomic E-state index is 6.23. The Hall–Kier alpha value is -0.0900. The fourth-order valence-corrected chi connectivity index (χ4v) is 3.81. The molecule has 1 fully saturated rings. The Balaban J connectivity index is 1.88. The van der Waals surface area contributed by atoms with Gasteiger partial charge in [-0.05, 0) is 50.1 Å². The summed E-state index contributed by atoms with van der Waals surface area (Å²) in [6, 6.07) is 2.37. The number of thiophene rings is 1. The highest BCUT2D eigenvalue weighted by atomic mass is 35.5. The predicted molar refractivity (Wildman–Crippen MR) is 78.6 cm³/mol. The van der Waals surface area contributed by atoms with Gasteiger partial charge in [0.05, 0.1) is 11.1 Å². The Bertz CT molecular complexity index is 349. The summed E-state index contributed by atoms with van der Waals surface area (Å²) in [7, 11) is 0. The van der Waals surface area contributed by atoms with Gasteiger partial charge in [-0.25, -0.2) is 0 Å². The van der Waals surface area contributed by atoms with Crippen LogP contribution in [-0.4, -0.2) is 19.3 Å². The van der Waals surface area contributed by atoms with Crippen LogP contribution in [0.25, 0.3) is 0 Å². The van der Waals surface area contributed by atoms with E-state index in [2.05, 4.69) is 17.6 Å². The van der Waals surface area contributed by atoms with E-state index in [0.717, 1.165) is 31.0 Å². The summed E-state index contributed by atoms with van der Waals surface area (Å²) in [4.78, 5) is 1.27. The van der Waals surface area contributed by atoms with Crippen molar-refractivity contribution in [3.8, 4) is 0 Å². The second-order valence-corrected chi connectivity index (χ2v) is 6.16. The molecule has 4 heteroatoms. The fourth-order valence-electron chi connectivity index (χ4n) is 2.51. The Labute approximate surface area is 119 Å². The van der Waals surface area contributed by atoms with Crippen molar-refractivity contribution >= 4 is 22.9 Å². The minimum atomic E-state index is 0.382. The molecule has 2 unspecified atom stereocenters. The molecular formula is C14H22ClNOS. The fraction of sp³-hybridized carbons (Fsp3) is 0.714. The van der Waals surface area contributed by atoms with Gasteiger partial charge in [-0.15, -0.1) is 11.3 Å². The molecule has 18 heavy (non-hydrogen) atoms. The molecule has 1 aromatic heterocycles. The Morgan fingerprint density at radius 3 is 3.06 bits per heavy atom. The third-order valence-corrected chi connectivity index (χ3v) is 4.94. The lowest BCUT2D eigenvalue weighted by atomic mass is 10.0. The summed E-state index contributed by atoms with van der Waals surface area (Å²) in [6.07, 6.45) is 6.46. The number of nitrogens with one attached hydrogen (secondary N) is 1. The van der Waals surface area contributed by atoms with Crippen LogP contribution in [0, 0.1) is 0 Å². The van der Waals surface area contributed by atoms with Crippen molar-refractivity contribution in [1.29, 1.82) is 0 Å². The number of hydrogen-bond donors (Lipinski definition) is 1. The maximum atomic E-state index is 6.23. The second-order valence-electron chi connectivity index (χ2n) is 4.81. The van der Waals surface area contributed by atoms with E-state index < -0.39 is 0 Å². The third kappa shape index (κ3) is 3.95. The third-order valence-electron chi connectivity index (χ3n) is 3.46. The van der Waals surface area contributed by atoms with Gasteiger partial charge in [0.2, 0.25) is 0 Å². The van der Waals surface area contributed by atoms with Gasteiger partial charge < -0.3 is 10.1 Å². The molecule has 1 saturated heterocycles. The molecule has 0 bridgehead atoms. The van der Waals surface area contributed by atoms with E-state index in [1.54, 1.807) is 11.3 Å². The first-order valence-corrected chi connectivity index (χ1v) is 8.15. The second kappa shape index (κ2) is 7.49. The van der Waals surface area contributed by atoms with Crippen molar-refractivity contribution in [3.05, 3.63) is 21.3 Å². The lowest BCUT2D eigenvalue weighted by Crippen LogP contribution is -2.24. The highest BCUT2D eigenvalue weighted by Gasteiger charge is 2.19. The van der Waals surface area contributed by atoms with Crippen LogP contribution in [0.15, 0.2) is 11.4 Å². The molecule has 102 valence electrons. The molecule has 0 aliphatic carbocycles. The molecule has 0 aromatic carbocycles. The summed E-state index contributed by atoms with van der Waals surface area (Å²) in [5.74, 6) is 0. The average Bonchev–Trinajstić information content (AvgIpc) is 2.82. The van der Waals surface area contributed by atoms with Gasteiger partial charge >= 0.3 is 0 Å². The van der Waals surface area contributed by atoms with E-state index in [9.17, 15) is 0 Å². The van der Waals surface area contributed by atoms with Gasteiger partial charge in [0, 0.05) is 17.5 Å². The molecule has 0 amide bonds. The zero-order valence-corrected chi connectivity index (χ0v) is 12.5. The van der Waals surface area contributed by atoms with Gasteiger partial charge in [-0.3, -0.25) is 0 Å². The lowest BCUT2D eigenvalue weighted by molar-refractivity contribution is 0.00862. The summed E-state index contributed by atoms with van der Waals surface area (Å²) in [5.41, 5.74) is 0. The van der Waals surface area contributed by atoms with Crippen molar-refractivity contribution in [3.63, 3.8) is 0 Å². The first-order valence-electron chi connectivity index (χ1n) is 6.89. The van der Waals surface area contributed by atoms with Crippen LogP contribution in [0.1, 0.15) is 49.9 Å². The van der Waals surface area contributed by atoms with Gasteiger partial charge in [0.1, 0.15) is 0 Å². The summed E-state index contributed by atoms with van der Waals surface area (Å²) >= 11 is 7.98. The average molecular weight is 288 g/mol. The SMILES string of the molecule is CCNC(CCC1CCCCO1)c1sccc1Cl. The first kappa shape index (κ1) is 14.3. The first-order chi connectivity index (χ1) is 8.81. The molecule has 2 heterocycles. The van der Waals surface area contributed by atoms with E-state index in [1.807, 2.05) is 6.07 Å². The van der Waals surface area contributed by atoms with E-state index in [4.69, 9.17) is 16.3 Å². The molecule has 1 aliphatic heterocycles. The maximum Gasteiger partial charge on any atom is 0.0575 e. The zero-order chi connectivity index (χ0) is 12.8. The van der Waals surface area contributed by atoms with Gasteiger partial charge in [0.25, 0.3) is 0 Å². The van der Waals surface area contributed by atoms with E-state index >= 15 is 0 Å². The van der Waals surface area contributed by atoms with Crippen LogP contribution < -0.4 is 5.32 Å². The highest BCUT2D eigenvalue weighted by molar-refractivity contribution is 7.10. The van der Waals surface area contributed by atoms with Crippen LogP contribution in [0.4, 0.5) is 0 Å². The molecule has 1 N–H and O–H groups in total. The molecule has 0 radical (unpaired) electrons. The minimum absolute atomic E-state index is 0.382. The molecule has 2 rings (SSSR count). The van der Waals surface area contributed by atoms with Crippen molar-refractivity contribution in [1.82, 2.24) is 5.32 Å². The van der Waals surface area contributed by atoms with E-state index in [1.165, 1.54) is 24.1 Å². The Morgan fingerprint density at radius 2 is 2.44 bits per heavy atom. The zero-order valence-electron chi connectivity index (χ0n) is 11.0. The van der Waals surface area contributed by atoms with E-state index in [0.29, 0.717) is 12.1 Å². The molecule has 0 saturated carbocycles. The van der Waals surface area contributed by atoms with Crippen LogP contribution in [0.5, 0.6) is 0 Å². The van der Waals surface area contributed by atoms with Crippen LogP contribution in [-0.2, 0) is 4.74 Å². The predicted octanol–water partition coefficient (Wildman–Crippen LogP) is 4.40. The standard InChI is InChI=1S/C14H22ClNOS/c1-2-16-13(14-12(15)8-10-18-14)7-6-11-5-3-4-9-17-11/h8,10-11,13,16H,2-7,9H2,1H3. The molecule has 1 aromatic rings. The molecule has 0 spiro atoms. The monoisotopic (exact) mass is 287 g/mol. The lowest BCUT2D eigenvalue weighted by Gasteiger charge is -2.25. The van der Waals surface area contributed by atoms with Crippen LogP contribution in [0.2, 0.25) is 5.02 Å². The van der Waals surface area contributed by atoms with E-state index in [-0.39, 0.29) is 0 Å². The normalized spacial score (nSPS) is 22.0. The largest absolute Gasteiger partial charge is 0.378 e. The smallest absolute Gasteiger partial charge is 0.0575 e. The van der Waals surface area contributed by atoms with Crippen molar-refractivity contribution in [2.45, 2.75) is 51.2 Å². The number of rotatable bonds is 6. The topological polar surface area (TPSA) is 21.3 Å². The van der Waals surface area contributed by atoms with Gasteiger partial charge in [-0.1, -0.05) is 18.5 Å². The highest BCUT2D eigenvalue weighted by Crippen LogP contribution is 2.32. The minimum Gasteiger partial charge on any atom is -0.378 e. The molecular weight excluding hydrogens is 266 g/mol. The van der Waals surface area contributed by atoms with Crippen molar-refractivity contribution < 1.29 is 4.74 Å².